The van der Waals surface area contributed by atoms with Crippen LogP contribution in [0, 0.1) is 0 Å². The SMILES string of the molecule is CCCCCCCCCOOP(=O)(O)O.[NaH]. The summed E-state index contributed by atoms with van der Waals surface area (Å²) < 4.78 is 14.0. The van der Waals surface area contributed by atoms with E-state index < -0.39 is 7.82 Å². The van der Waals surface area contributed by atoms with Gasteiger partial charge < -0.3 is 9.79 Å². The third-order valence-corrected chi connectivity index (χ3v) is 2.28. The summed E-state index contributed by atoms with van der Waals surface area (Å²) >= 11 is 0. The number of rotatable bonds is 10. The summed E-state index contributed by atoms with van der Waals surface area (Å²) in [6.45, 7) is 2.41. The maximum atomic E-state index is 10.2. The Morgan fingerprint density at radius 2 is 1.50 bits per heavy atom. The van der Waals surface area contributed by atoms with Crippen LogP contribution < -0.4 is 0 Å². The molecule has 0 unspecified atom stereocenters. The van der Waals surface area contributed by atoms with Crippen LogP contribution in [-0.4, -0.2) is 46.0 Å². The number of unbranched alkanes of at least 4 members (excludes halogenated alkanes) is 6. The zero-order valence-corrected chi connectivity index (χ0v) is 10.1. The van der Waals surface area contributed by atoms with Gasteiger partial charge in [0.15, 0.2) is 0 Å². The van der Waals surface area contributed by atoms with Gasteiger partial charge >= 0.3 is 37.4 Å². The first-order valence-electron chi connectivity index (χ1n) is 5.43. The van der Waals surface area contributed by atoms with Crippen LogP contribution in [0.5, 0.6) is 0 Å². The van der Waals surface area contributed by atoms with Gasteiger partial charge in [0.2, 0.25) is 0 Å². The van der Waals surface area contributed by atoms with Crippen LogP contribution in [0.3, 0.4) is 0 Å². The normalized spacial score (nSPS) is 11.2. The van der Waals surface area contributed by atoms with E-state index in [4.69, 9.17) is 9.79 Å². The minimum absolute atomic E-state index is 0. The van der Waals surface area contributed by atoms with Gasteiger partial charge in [0, 0.05) is 0 Å². The average Bonchev–Trinajstić information content (AvgIpc) is 2.14. The third kappa shape index (κ3) is 17.5. The Labute approximate surface area is 119 Å². The van der Waals surface area contributed by atoms with Crippen molar-refractivity contribution in [2.75, 3.05) is 6.61 Å². The van der Waals surface area contributed by atoms with Crippen LogP contribution >= 0.6 is 7.82 Å². The second-order valence-electron chi connectivity index (χ2n) is 3.51. The first kappa shape index (κ1) is 19.4. The Morgan fingerprint density at radius 3 is 2.00 bits per heavy atom. The molecule has 94 valence electrons. The van der Waals surface area contributed by atoms with Gasteiger partial charge in [0.05, 0.1) is 6.61 Å². The number of phosphoric acid groups is 1. The molecular weight excluding hydrogens is 242 g/mol. The monoisotopic (exact) mass is 264 g/mol. The summed E-state index contributed by atoms with van der Waals surface area (Å²) in [7, 11) is -4.46. The summed E-state index contributed by atoms with van der Waals surface area (Å²) in [6.07, 6.45) is 7.90. The van der Waals surface area contributed by atoms with Gasteiger partial charge in [0.25, 0.3) is 0 Å². The molecule has 0 atom stereocenters. The Bertz CT molecular complexity index is 185. The zero-order chi connectivity index (χ0) is 11.6. The summed E-state index contributed by atoms with van der Waals surface area (Å²) in [5, 5.41) is 0. The number of hydrogen-bond acceptors (Lipinski definition) is 3. The van der Waals surface area contributed by atoms with Crippen molar-refractivity contribution in [2.45, 2.75) is 51.9 Å². The second-order valence-corrected chi connectivity index (χ2v) is 4.64. The fourth-order valence-electron chi connectivity index (χ4n) is 1.22. The minimum atomic E-state index is -4.46. The molecule has 0 bridgehead atoms. The molecule has 0 aliphatic rings. The topological polar surface area (TPSA) is 76.0 Å². The third-order valence-electron chi connectivity index (χ3n) is 1.98. The molecule has 2 N–H and O–H groups in total. The molecule has 0 aromatic carbocycles. The van der Waals surface area contributed by atoms with E-state index in [0.717, 1.165) is 19.3 Å². The Morgan fingerprint density at radius 1 is 1.00 bits per heavy atom. The van der Waals surface area contributed by atoms with Gasteiger partial charge in [-0.05, 0) is 6.42 Å². The molecule has 0 radical (unpaired) electrons. The maximum absolute atomic E-state index is 10.2. The van der Waals surface area contributed by atoms with Crippen LogP contribution in [0.15, 0.2) is 0 Å². The molecule has 0 rings (SSSR count). The molecule has 0 heterocycles. The molecule has 0 aliphatic heterocycles. The molecule has 0 spiro atoms. The molecule has 0 aliphatic carbocycles. The quantitative estimate of drug-likeness (QED) is 0.208. The van der Waals surface area contributed by atoms with E-state index >= 15 is 0 Å². The van der Waals surface area contributed by atoms with Crippen LogP contribution in [0.2, 0.25) is 0 Å². The molecule has 16 heavy (non-hydrogen) atoms. The fraction of sp³-hybridized carbons (Fsp3) is 1.00. The van der Waals surface area contributed by atoms with E-state index in [2.05, 4.69) is 16.5 Å². The second kappa shape index (κ2) is 12.5. The van der Waals surface area contributed by atoms with Crippen LogP contribution in [-0.2, 0) is 14.1 Å². The first-order valence-corrected chi connectivity index (χ1v) is 6.96. The van der Waals surface area contributed by atoms with E-state index in [1.165, 1.54) is 25.7 Å². The van der Waals surface area contributed by atoms with Crippen LogP contribution in [0.4, 0.5) is 0 Å². The van der Waals surface area contributed by atoms with Gasteiger partial charge in [-0.3, -0.25) is 0 Å². The number of hydrogen-bond donors (Lipinski definition) is 2. The van der Waals surface area contributed by atoms with Crippen LogP contribution in [0.25, 0.3) is 0 Å². The predicted octanol–water partition coefficient (Wildman–Crippen LogP) is 2.13. The summed E-state index contributed by atoms with van der Waals surface area (Å²) in [4.78, 5) is 20.9. The van der Waals surface area contributed by atoms with E-state index in [1.54, 1.807) is 0 Å². The fourth-order valence-corrected chi connectivity index (χ4v) is 1.44. The van der Waals surface area contributed by atoms with Gasteiger partial charge in [-0.2, -0.15) is 0 Å². The summed E-state index contributed by atoms with van der Waals surface area (Å²) in [5.41, 5.74) is 0. The van der Waals surface area contributed by atoms with Crippen molar-refractivity contribution in [2.24, 2.45) is 0 Å². The van der Waals surface area contributed by atoms with Crippen molar-refractivity contribution in [3.8, 4) is 0 Å². The average molecular weight is 264 g/mol. The standard InChI is InChI=1S/C9H21O5P.Na.H/c1-2-3-4-5-6-7-8-9-13-14-15(10,11)12;;/h2-9H2,1H3,(H2,10,11,12);;. The summed E-state index contributed by atoms with van der Waals surface area (Å²) in [5.74, 6) is 0. The van der Waals surface area contributed by atoms with Crippen LogP contribution in [0.1, 0.15) is 51.9 Å². The van der Waals surface area contributed by atoms with Crippen molar-refractivity contribution >= 4 is 37.4 Å². The molecule has 0 amide bonds. The van der Waals surface area contributed by atoms with Gasteiger partial charge in [0.1, 0.15) is 0 Å². The molecule has 0 saturated heterocycles. The molecular formula is C9H22NaO5P. The Kier molecular flexibility index (Phi) is 15.2. The predicted molar refractivity (Wildman–Crippen MR) is 64.2 cm³/mol. The van der Waals surface area contributed by atoms with E-state index in [-0.39, 0.29) is 36.2 Å². The Balaban J connectivity index is 0. The van der Waals surface area contributed by atoms with Crippen molar-refractivity contribution in [3.05, 3.63) is 0 Å². The first-order chi connectivity index (χ1) is 7.06. The molecule has 0 aromatic rings. The van der Waals surface area contributed by atoms with Gasteiger partial charge in [-0.15, -0.1) is 4.67 Å². The molecule has 0 aromatic heterocycles. The van der Waals surface area contributed by atoms with Crippen molar-refractivity contribution < 1.29 is 23.9 Å². The van der Waals surface area contributed by atoms with Crippen molar-refractivity contribution in [3.63, 3.8) is 0 Å². The molecule has 5 nitrogen and oxygen atoms in total. The van der Waals surface area contributed by atoms with Gasteiger partial charge in [-0.25, -0.2) is 9.45 Å². The van der Waals surface area contributed by atoms with E-state index in [1.807, 2.05) is 0 Å². The summed E-state index contributed by atoms with van der Waals surface area (Å²) in [6, 6.07) is 0. The zero-order valence-electron chi connectivity index (χ0n) is 9.22. The van der Waals surface area contributed by atoms with E-state index in [9.17, 15) is 4.57 Å². The molecule has 0 fully saturated rings. The van der Waals surface area contributed by atoms with Gasteiger partial charge in [-0.1, -0.05) is 45.4 Å². The molecule has 0 saturated carbocycles. The van der Waals surface area contributed by atoms with Crippen molar-refractivity contribution in [1.82, 2.24) is 0 Å². The molecule has 7 heteroatoms. The van der Waals surface area contributed by atoms with Crippen molar-refractivity contribution in [1.29, 1.82) is 0 Å². The Hall–Kier alpha value is 1.07. The van der Waals surface area contributed by atoms with E-state index in [0.29, 0.717) is 0 Å².